The van der Waals surface area contributed by atoms with Crippen molar-refractivity contribution in [3.05, 3.63) is 64.2 Å². The average Bonchev–Trinajstić information content (AvgIpc) is 2.78. The molecule has 1 amide bonds. The van der Waals surface area contributed by atoms with Crippen molar-refractivity contribution in [3.63, 3.8) is 0 Å². The summed E-state index contributed by atoms with van der Waals surface area (Å²) in [6.45, 7) is 1.42. The molecule has 11 nitrogen and oxygen atoms in total. The van der Waals surface area contributed by atoms with Crippen molar-refractivity contribution in [1.82, 2.24) is 4.90 Å². The number of aryl methyl sites for hydroxylation is 1. The second kappa shape index (κ2) is 9.50. The van der Waals surface area contributed by atoms with Crippen LogP contribution in [0.25, 0.3) is 0 Å². The van der Waals surface area contributed by atoms with Crippen LogP contribution < -0.4 is 10.5 Å². The minimum Gasteiger partial charge on any atom is -0.424 e. The number of hydrogen-bond acceptors (Lipinski definition) is 10. The lowest BCUT2D eigenvalue weighted by atomic mass is 10.00. The van der Waals surface area contributed by atoms with Gasteiger partial charge in [0.2, 0.25) is 11.5 Å². The third kappa shape index (κ3) is 4.74. The first-order valence-corrected chi connectivity index (χ1v) is 12.1. The van der Waals surface area contributed by atoms with Crippen LogP contribution in [0.2, 0.25) is 0 Å². The van der Waals surface area contributed by atoms with Crippen LogP contribution in [0.1, 0.15) is 5.56 Å². The lowest BCUT2D eigenvalue weighted by Gasteiger charge is -2.52. The van der Waals surface area contributed by atoms with E-state index in [2.05, 4.69) is 0 Å². The Hall–Kier alpha value is -2.71. The third-order valence-corrected chi connectivity index (χ3v) is 8.21. The van der Waals surface area contributed by atoms with Gasteiger partial charge in [-0.25, -0.2) is 8.98 Å². The molecule has 2 heterocycles. The molecule has 2 saturated heterocycles. The van der Waals surface area contributed by atoms with Gasteiger partial charge in [0.15, 0.2) is 0 Å². The highest BCUT2D eigenvalue weighted by atomic mass is 35.5. The van der Waals surface area contributed by atoms with Crippen LogP contribution in [0.3, 0.4) is 0 Å². The molecule has 2 aliphatic rings. The predicted octanol–water partition coefficient (Wildman–Crippen LogP) is 1.62. The van der Waals surface area contributed by atoms with E-state index in [1.54, 1.807) is 19.1 Å². The molecular weight excluding hydrogens is 510 g/mol. The van der Waals surface area contributed by atoms with Gasteiger partial charge in [-0.3, -0.25) is 14.9 Å². The van der Waals surface area contributed by atoms with Gasteiger partial charge in [0.05, 0.1) is 16.4 Å². The van der Waals surface area contributed by atoms with Crippen LogP contribution in [0, 0.1) is 17.0 Å². The van der Waals surface area contributed by atoms with Crippen LogP contribution in [0.5, 0.6) is 5.75 Å². The second-order valence-corrected chi connectivity index (χ2v) is 10.3. The lowest BCUT2D eigenvalue weighted by molar-refractivity contribution is -0.384. The Morgan fingerprint density at radius 2 is 1.82 bits per heavy atom. The van der Waals surface area contributed by atoms with Crippen molar-refractivity contribution in [2.75, 3.05) is 12.3 Å². The predicted molar refractivity (Wildman–Crippen MR) is 124 cm³/mol. The Kier molecular flexibility index (Phi) is 7.24. The van der Waals surface area contributed by atoms with Crippen LogP contribution >= 0.6 is 24.2 Å². The summed E-state index contributed by atoms with van der Waals surface area (Å²) < 4.78 is 36.8. The monoisotopic (exact) mass is 529 g/mol. The molecule has 34 heavy (non-hydrogen) atoms. The molecule has 4 rings (SSSR count). The summed E-state index contributed by atoms with van der Waals surface area (Å²) in [6, 6.07) is 9.83. The molecule has 2 N–H and O–H groups in total. The van der Waals surface area contributed by atoms with E-state index in [0.29, 0.717) is 0 Å². The van der Waals surface area contributed by atoms with E-state index in [0.717, 1.165) is 29.5 Å². The summed E-state index contributed by atoms with van der Waals surface area (Å²) in [5.74, 6) is -1.66. The number of non-ortho nitro benzene ring substituents is 1. The van der Waals surface area contributed by atoms with Gasteiger partial charge in [-0.15, -0.1) is 24.2 Å². The zero-order chi connectivity index (χ0) is 24.0. The molecule has 0 aliphatic carbocycles. The quantitative estimate of drug-likeness (QED) is 0.145. The molecule has 2 aromatic rings. The Morgan fingerprint density at radius 1 is 1.21 bits per heavy atom. The van der Waals surface area contributed by atoms with Gasteiger partial charge in [0.25, 0.3) is 15.8 Å². The van der Waals surface area contributed by atoms with Crippen molar-refractivity contribution < 1.29 is 31.9 Å². The molecule has 182 valence electrons. The number of amides is 1. The molecule has 0 spiro atoms. The summed E-state index contributed by atoms with van der Waals surface area (Å²) in [7, 11) is -4.41. The Bertz CT molecular complexity index is 1220. The smallest absolute Gasteiger partial charge is 0.348 e. The number of nitro groups is 1. The maximum absolute atomic E-state index is 13.2. The highest BCUT2D eigenvalue weighted by molar-refractivity contribution is 8.00. The standard InChI is InChI=1S/C20H19N3O8S2.ClH/c1-12-2-8-15(9-3-12)33(28,29)31-20(10-22-17(24)16(21)18(22)32-11-20)19(25)30-14-6-4-13(5-7-14)23(26)27;/h2-9,16,18H,10-11,21H2,1H3;1H/t16?,18-,20?;/m1./s1. The van der Waals surface area contributed by atoms with E-state index in [1.807, 2.05) is 0 Å². The molecule has 2 aliphatic heterocycles. The number of thioether (sulfide) groups is 1. The van der Waals surface area contributed by atoms with Crippen molar-refractivity contribution in [2.45, 2.75) is 28.8 Å². The van der Waals surface area contributed by atoms with Crippen LogP contribution in [-0.2, 0) is 23.9 Å². The number of nitrogens with two attached hydrogens (primary N) is 1. The highest BCUT2D eigenvalue weighted by Gasteiger charge is 2.59. The number of ether oxygens (including phenoxy) is 1. The van der Waals surface area contributed by atoms with E-state index in [1.165, 1.54) is 29.2 Å². The SMILES string of the molecule is Cc1ccc(S(=O)(=O)OC2(C(=O)Oc3ccc([N+](=O)[O-])cc3)CS[C@@H]3C(N)C(=O)N3C2)cc1.Cl. The van der Waals surface area contributed by atoms with Crippen molar-refractivity contribution in [1.29, 1.82) is 0 Å². The molecule has 0 aromatic heterocycles. The maximum Gasteiger partial charge on any atom is 0.348 e. The molecule has 0 bridgehead atoms. The number of esters is 1. The van der Waals surface area contributed by atoms with Gasteiger partial charge >= 0.3 is 5.97 Å². The minimum atomic E-state index is -4.41. The number of carbonyl (C=O) groups is 2. The summed E-state index contributed by atoms with van der Waals surface area (Å²) in [4.78, 5) is 36.8. The molecule has 14 heteroatoms. The van der Waals surface area contributed by atoms with Gasteiger partial charge in [0, 0.05) is 17.9 Å². The first-order chi connectivity index (χ1) is 15.5. The van der Waals surface area contributed by atoms with E-state index in [9.17, 15) is 28.1 Å². The number of nitrogens with zero attached hydrogens (tertiary/aromatic N) is 2. The Balaban J connectivity index is 0.00000324. The van der Waals surface area contributed by atoms with Crippen LogP contribution in [0.15, 0.2) is 53.4 Å². The zero-order valence-electron chi connectivity index (χ0n) is 17.7. The fourth-order valence-electron chi connectivity index (χ4n) is 3.46. The number of β-lactam (4-membered cyclic amide) rings is 1. The Labute approximate surface area is 205 Å². The summed E-state index contributed by atoms with van der Waals surface area (Å²) in [5.41, 5.74) is 4.38. The molecule has 2 unspecified atom stereocenters. The van der Waals surface area contributed by atoms with Crippen molar-refractivity contribution in [2.24, 2.45) is 5.73 Å². The fraction of sp³-hybridized carbons (Fsp3) is 0.300. The van der Waals surface area contributed by atoms with E-state index >= 15 is 0 Å². The number of hydrogen-bond donors (Lipinski definition) is 1. The number of rotatable bonds is 6. The van der Waals surface area contributed by atoms with Gasteiger partial charge in [-0.2, -0.15) is 8.42 Å². The van der Waals surface area contributed by atoms with Gasteiger partial charge in [-0.05, 0) is 31.2 Å². The average molecular weight is 530 g/mol. The number of nitro benzene ring substituents is 1. The lowest BCUT2D eigenvalue weighted by Crippen LogP contribution is -2.74. The third-order valence-electron chi connectivity index (χ3n) is 5.30. The topological polar surface area (TPSA) is 159 Å². The van der Waals surface area contributed by atoms with E-state index < -0.39 is 43.9 Å². The molecule has 0 saturated carbocycles. The molecule has 3 atom stereocenters. The molecular formula is C20H20ClN3O8S2. The summed E-state index contributed by atoms with van der Waals surface area (Å²) in [6.07, 6.45) is 0. The molecule has 2 aromatic carbocycles. The summed E-state index contributed by atoms with van der Waals surface area (Å²) >= 11 is 1.12. The normalized spacial score (nSPS) is 23.8. The van der Waals surface area contributed by atoms with Gasteiger partial charge in [0.1, 0.15) is 17.2 Å². The van der Waals surface area contributed by atoms with E-state index in [4.69, 9.17) is 14.7 Å². The maximum atomic E-state index is 13.2. The highest BCUT2D eigenvalue weighted by Crippen LogP contribution is 2.41. The number of benzene rings is 2. The van der Waals surface area contributed by atoms with Crippen LogP contribution in [0.4, 0.5) is 5.69 Å². The zero-order valence-corrected chi connectivity index (χ0v) is 20.1. The van der Waals surface area contributed by atoms with Gasteiger partial charge < -0.3 is 15.4 Å². The van der Waals surface area contributed by atoms with Crippen molar-refractivity contribution in [3.8, 4) is 5.75 Å². The first kappa shape index (κ1) is 25.9. The largest absolute Gasteiger partial charge is 0.424 e. The number of fused-ring (bicyclic) bond motifs is 1. The van der Waals surface area contributed by atoms with Crippen LogP contribution in [-0.4, -0.2) is 59.4 Å². The fourth-order valence-corrected chi connectivity index (χ4v) is 6.09. The Morgan fingerprint density at radius 3 is 2.41 bits per heavy atom. The number of halogens is 1. The first-order valence-electron chi connectivity index (χ1n) is 9.69. The van der Waals surface area contributed by atoms with Gasteiger partial charge in [-0.1, -0.05) is 17.7 Å². The molecule has 0 radical (unpaired) electrons. The molecule has 2 fully saturated rings. The van der Waals surface area contributed by atoms with Crippen molar-refractivity contribution >= 4 is 51.9 Å². The second-order valence-electron chi connectivity index (χ2n) is 7.68. The number of carbonyl (C=O) groups excluding carboxylic acids is 2. The summed E-state index contributed by atoms with van der Waals surface area (Å²) in [5, 5.41) is 10.4. The van der Waals surface area contributed by atoms with E-state index in [-0.39, 0.29) is 41.0 Å². The minimum absolute atomic E-state index is 0.